The molecule has 1 unspecified atom stereocenters. The standard InChI is InChI=1S/C12H20N2O3/c1-12(2,3)17-11(16)14-6-4-5-9(14)8-7-10(15)13-8/h8-9H,4-7H2,1-3H3,(H,13,15)/t8?,9-/m0/s1. The minimum absolute atomic E-state index is 0.0750. The predicted molar refractivity (Wildman–Crippen MR) is 62.5 cm³/mol. The molecule has 0 saturated carbocycles. The molecule has 0 spiro atoms. The van der Waals surface area contributed by atoms with Crippen LogP contribution in [0.3, 0.4) is 0 Å². The van der Waals surface area contributed by atoms with Gasteiger partial charge in [-0.1, -0.05) is 0 Å². The van der Waals surface area contributed by atoms with Crippen LogP contribution in [-0.4, -0.2) is 41.1 Å². The van der Waals surface area contributed by atoms with E-state index in [9.17, 15) is 9.59 Å². The van der Waals surface area contributed by atoms with Crippen molar-refractivity contribution in [1.82, 2.24) is 10.2 Å². The molecule has 2 rings (SSSR count). The third-order valence-electron chi connectivity index (χ3n) is 3.14. The van der Waals surface area contributed by atoms with Gasteiger partial charge in [0.15, 0.2) is 0 Å². The molecule has 2 aliphatic rings. The highest BCUT2D eigenvalue weighted by Crippen LogP contribution is 2.26. The van der Waals surface area contributed by atoms with Gasteiger partial charge in [-0.25, -0.2) is 4.79 Å². The Bertz CT molecular complexity index is 327. The number of nitrogens with one attached hydrogen (secondary N) is 1. The Kier molecular flexibility index (Phi) is 3.02. The first kappa shape index (κ1) is 12.2. The second-order valence-electron chi connectivity index (χ2n) is 5.76. The van der Waals surface area contributed by atoms with E-state index in [4.69, 9.17) is 4.74 Å². The van der Waals surface area contributed by atoms with Gasteiger partial charge in [-0.3, -0.25) is 4.79 Å². The summed E-state index contributed by atoms with van der Waals surface area (Å²) in [5.41, 5.74) is -0.465. The van der Waals surface area contributed by atoms with E-state index in [-0.39, 0.29) is 24.1 Å². The molecular weight excluding hydrogens is 220 g/mol. The normalized spacial score (nSPS) is 28.6. The molecule has 2 heterocycles. The second-order valence-corrected chi connectivity index (χ2v) is 5.76. The number of ether oxygens (including phenoxy) is 1. The van der Waals surface area contributed by atoms with E-state index in [2.05, 4.69) is 5.32 Å². The molecule has 2 saturated heterocycles. The molecule has 2 aliphatic heterocycles. The number of rotatable bonds is 1. The molecule has 0 aliphatic carbocycles. The van der Waals surface area contributed by atoms with Crippen molar-refractivity contribution < 1.29 is 14.3 Å². The Hall–Kier alpha value is -1.26. The summed E-state index contributed by atoms with van der Waals surface area (Å²) < 4.78 is 5.37. The lowest BCUT2D eigenvalue weighted by Gasteiger charge is -2.37. The SMILES string of the molecule is CC(C)(C)OC(=O)N1CCC[C@H]1C1CC(=O)N1. The number of β-lactam (4-membered cyclic amide) rings is 1. The lowest BCUT2D eigenvalue weighted by atomic mass is 9.96. The van der Waals surface area contributed by atoms with Crippen molar-refractivity contribution in [2.45, 2.75) is 57.7 Å². The van der Waals surface area contributed by atoms with Crippen molar-refractivity contribution in [2.24, 2.45) is 0 Å². The van der Waals surface area contributed by atoms with Gasteiger partial charge in [-0.15, -0.1) is 0 Å². The average Bonchev–Trinajstić information content (AvgIpc) is 2.57. The van der Waals surface area contributed by atoms with Crippen LogP contribution in [0, 0.1) is 0 Å². The first-order valence-electron chi connectivity index (χ1n) is 6.16. The highest BCUT2D eigenvalue weighted by Gasteiger charge is 2.41. The van der Waals surface area contributed by atoms with Gasteiger partial charge in [0.25, 0.3) is 0 Å². The maximum absolute atomic E-state index is 12.0. The molecule has 2 amide bonds. The van der Waals surface area contributed by atoms with Crippen molar-refractivity contribution in [3.8, 4) is 0 Å². The Morgan fingerprint density at radius 3 is 2.65 bits per heavy atom. The second kappa shape index (κ2) is 4.20. The minimum Gasteiger partial charge on any atom is -0.444 e. The molecule has 5 heteroatoms. The smallest absolute Gasteiger partial charge is 0.410 e. The summed E-state index contributed by atoms with van der Waals surface area (Å²) in [5.74, 6) is 0.0750. The zero-order valence-corrected chi connectivity index (χ0v) is 10.7. The van der Waals surface area contributed by atoms with E-state index >= 15 is 0 Å². The van der Waals surface area contributed by atoms with Crippen molar-refractivity contribution in [2.75, 3.05) is 6.54 Å². The Balaban J connectivity index is 1.95. The first-order valence-corrected chi connectivity index (χ1v) is 6.16. The van der Waals surface area contributed by atoms with Crippen LogP contribution in [0.1, 0.15) is 40.0 Å². The number of likely N-dealkylation sites (tertiary alicyclic amines) is 1. The van der Waals surface area contributed by atoms with Gasteiger partial charge in [0.2, 0.25) is 5.91 Å². The lowest BCUT2D eigenvalue weighted by molar-refractivity contribution is -0.129. The van der Waals surface area contributed by atoms with Crippen LogP contribution in [-0.2, 0) is 9.53 Å². The fraction of sp³-hybridized carbons (Fsp3) is 0.833. The molecule has 0 bridgehead atoms. The van der Waals surface area contributed by atoms with Crippen molar-refractivity contribution >= 4 is 12.0 Å². The molecule has 96 valence electrons. The third kappa shape index (κ3) is 2.70. The first-order chi connectivity index (χ1) is 7.87. The van der Waals surface area contributed by atoms with E-state index < -0.39 is 5.60 Å². The van der Waals surface area contributed by atoms with Crippen LogP contribution < -0.4 is 5.32 Å². The van der Waals surface area contributed by atoms with E-state index in [0.717, 1.165) is 19.4 Å². The minimum atomic E-state index is -0.465. The fourth-order valence-corrected chi connectivity index (χ4v) is 2.38. The van der Waals surface area contributed by atoms with Crippen molar-refractivity contribution in [1.29, 1.82) is 0 Å². The predicted octanol–water partition coefficient (Wildman–Crippen LogP) is 1.27. The monoisotopic (exact) mass is 240 g/mol. The fourth-order valence-electron chi connectivity index (χ4n) is 2.38. The molecule has 17 heavy (non-hydrogen) atoms. The molecule has 0 radical (unpaired) electrons. The number of amides is 2. The molecule has 1 N–H and O–H groups in total. The summed E-state index contributed by atoms with van der Waals surface area (Å²) in [6.07, 6.45) is 2.20. The quantitative estimate of drug-likeness (QED) is 0.702. The Morgan fingerprint density at radius 2 is 2.12 bits per heavy atom. The molecule has 0 aromatic rings. The summed E-state index contributed by atoms with van der Waals surface area (Å²) >= 11 is 0. The van der Waals surface area contributed by atoms with Crippen LogP contribution >= 0.6 is 0 Å². The van der Waals surface area contributed by atoms with E-state index in [0.29, 0.717) is 6.42 Å². The molecule has 0 aromatic heterocycles. The summed E-state index contributed by atoms with van der Waals surface area (Å²) in [7, 11) is 0. The maximum atomic E-state index is 12.0. The van der Waals surface area contributed by atoms with Gasteiger partial charge in [-0.2, -0.15) is 0 Å². The summed E-state index contributed by atoms with van der Waals surface area (Å²) in [6.45, 7) is 6.31. The molecule has 5 nitrogen and oxygen atoms in total. The van der Waals surface area contributed by atoms with Crippen molar-refractivity contribution in [3.05, 3.63) is 0 Å². The van der Waals surface area contributed by atoms with E-state index in [1.807, 2.05) is 20.8 Å². The topological polar surface area (TPSA) is 58.6 Å². The van der Waals surface area contributed by atoms with Crippen LogP contribution in [0.4, 0.5) is 4.79 Å². The number of carbonyl (C=O) groups excluding carboxylic acids is 2. The number of nitrogens with zero attached hydrogens (tertiary/aromatic N) is 1. The van der Waals surface area contributed by atoms with Gasteiger partial charge in [0.1, 0.15) is 5.60 Å². The van der Waals surface area contributed by atoms with Crippen LogP contribution in [0.5, 0.6) is 0 Å². The average molecular weight is 240 g/mol. The zero-order valence-electron chi connectivity index (χ0n) is 10.7. The van der Waals surface area contributed by atoms with Crippen LogP contribution in [0.2, 0.25) is 0 Å². The van der Waals surface area contributed by atoms with Crippen LogP contribution in [0.25, 0.3) is 0 Å². The molecule has 2 atom stereocenters. The highest BCUT2D eigenvalue weighted by atomic mass is 16.6. The largest absolute Gasteiger partial charge is 0.444 e. The lowest BCUT2D eigenvalue weighted by Crippen LogP contribution is -2.59. The zero-order chi connectivity index (χ0) is 12.6. The van der Waals surface area contributed by atoms with Gasteiger partial charge in [-0.05, 0) is 33.6 Å². The van der Waals surface area contributed by atoms with Gasteiger partial charge >= 0.3 is 6.09 Å². The van der Waals surface area contributed by atoms with E-state index in [1.165, 1.54) is 0 Å². The maximum Gasteiger partial charge on any atom is 0.410 e. The highest BCUT2D eigenvalue weighted by molar-refractivity contribution is 5.83. The van der Waals surface area contributed by atoms with E-state index in [1.54, 1.807) is 4.90 Å². The molecule has 2 fully saturated rings. The third-order valence-corrected chi connectivity index (χ3v) is 3.14. The Labute approximate surface area is 101 Å². The molecular formula is C12H20N2O3. The number of hydrogen-bond acceptors (Lipinski definition) is 3. The van der Waals surface area contributed by atoms with Gasteiger partial charge < -0.3 is 15.0 Å². The summed E-state index contributed by atoms with van der Waals surface area (Å²) in [5, 5.41) is 2.84. The summed E-state index contributed by atoms with van der Waals surface area (Å²) in [6, 6.07) is 0.236. The van der Waals surface area contributed by atoms with Crippen LogP contribution in [0.15, 0.2) is 0 Å². The number of hydrogen-bond donors (Lipinski definition) is 1. The molecule has 0 aromatic carbocycles. The number of carbonyl (C=O) groups is 2. The Morgan fingerprint density at radius 1 is 1.47 bits per heavy atom. The van der Waals surface area contributed by atoms with Gasteiger partial charge in [0, 0.05) is 13.0 Å². The summed E-state index contributed by atoms with van der Waals surface area (Å²) in [4.78, 5) is 24.7. The van der Waals surface area contributed by atoms with Crippen molar-refractivity contribution in [3.63, 3.8) is 0 Å². The van der Waals surface area contributed by atoms with Gasteiger partial charge in [0.05, 0.1) is 12.1 Å².